The summed E-state index contributed by atoms with van der Waals surface area (Å²) in [5.41, 5.74) is 6.02. The molecule has 2 aromatic rings. The number of hydrogen-bond donors (Lipinski definition) is 2. The van der Waals surface area contributed by atoms with E-state index in [1.165, 1.54) is 9.79 Å². The Balaban J connectivity index is 1.69. The van der Waals surface area contributed by atoms with Crippen molar-refractivity contribution in [2.24, 2.45) is 5.73 Å². The van der Waals surface area contributed by atoms with Gasteiger partial charge in [0.15, 0.2) is 11.5 Å². The van der Waals surface area contributed by atoms with Crippen molar-refractivity contribution >= 4 is 29.4 Å². The lowest BCUT2D eigenvalue weighted by Gasteiger charge is -2.13. The van der Waals surface area contributed by atoms with E-state index in [0.29, 0.717) is 31.3 Å². The maximum absolute atomic E-state index is 11.0. The molecule has 2 rings (SSSR count). The highest BCUT2D eigenvalue weighted by atomic mass is 32.2. The lowest BCUT2D eigenvalue weighted by molar-refractivity contribution is -0.117. The third-order valence-corrected chi connectivity index (χ3v) is 5.75. The third kappa shape index (κ3) is 7.72. The molecule has 0 aliphatic heterocycles. The first kappa shape index (κ1) is 23.3. The van der Waals surface area contributed by atoms with Crippen molar-refractivity contribution in [3.05, 3.63) is 42.0 Å². The number of carbonyl (C=O) groups excluding carboxylic acids is 1. The highest BCUT2D eigenvalue weighted by Gasteiger charge is 2.07. The molecule has 0 fully saturated rings. The summed E-state index contributed by atoms with van der Waals surface area (Å²) in [6.07, 6.45) is 4.32. The highest BCUT2D eigenvalue weighted by molar-refractivity contribution is 8.01. The summed E-state index contributed by atoms with van der Waals surface area (Å²) in [7, 11) is 1.57. The molecule has 1 amide bonds. The van der Waals surface area contributed by atoms with Crippen LogP contribution in [0.3, 0.4) is 0 Å². The molecule has 0 aliphatic rings. The molecule has 0 spiro atoms. The van der Waals surface area contributed by atoms with Gasteiger partial charge in [-0.3, -0.25) is 4.79 Å². The van der Waals surface area contributed by atoms with E-state index < -0.39 is 0 Å². The molecule has 0 unspecified atom stereocenters. The van der Waals surface area contributed by atoms with Crippen molar-refractivity contribution in [1.29, 1.82) is 0 Å². The summed E-state index contributed by atoms with van der Waals surface area (Å²) in [6.45, 7) is 2.47. The molecule has 6 nitrogen and oxygen atoms in total. The minimum atomic E-state index is -0.378. The van der Waals surface area contributed by atoms with Gasteiger partial charge in [0.2, 0.25) is 5.91 Å². The molecule has 0 radical (unpaired) electrons. The monoisotopic (exact) mass is 436 g/mol. The Labute approximate surface area is 180 Å². The number of nitrogens with two attached hydrogens (primary N) is 1. The smallest absolute Gasteiger partial charge is 0.221 e. The second kappa shape index (κ2) is 12.5. The molecule has 2 aromatic carbocycles. The number of carbonyl (C=O) groups is 1. The fraction of sp³-hybridized carbons (Fsp3) is 0.381. The largest absolute Gasteiger partial charge is 0.493 e. The molecule has 0 aliphatic carbocycles. The number of nitrogens with one attached hydrogen (secondary N) is 1. The van der Waals surface area contributed by atoms with Gasteiger partial charge in [0.1, 0.15) is 19.0 Å². The summed E-state index contributed by atoms with van der Waals surface area (Å²) >= 11 is 3.46. The van der Waals surface area contributed by atoms with E-state index in [1.54, 1.807) is 42.8 Å². The standard InChI is InChI=1S/C21H28N2O4S2/c1-25-18-12-15(13-21(22)24)4-6-17(18)27-11-9-23-8-10-26-16-5-7-19(28-2)20(14-16)29-3/h4-7,12,14,23H,8-11,13H2,1-3H3,(H2,22,24). The maximum Gasteiger partial charge on any atom is 0.221 e. The van der Waals surface area contributed by atoms with E-state index in [1.807, 2.05) is 12.1 Å². The topological polar surface area (TPSA) is 82.8 Å². The number of thioether (sulfide) groups is 2. The number of primary amides is 1. The second-order valence-corrected chi connectivity index (χ2v) is 7.79. The van der Waals surface area contributed by atoms with Gasteiger partial charge in [0.25, 0.3) is 0 Å². The molecule has 0 saturated heterocycles. The lowest BCUT2D eigenvalue weighted by atomic mass is 10.1. The summed E-state index contributed by atoms with van der Waals surface area (Å²) in [5.74, 6) is 1.73. The van der Waals surface area contributed by atoms with Crippen LogP contribution in [0.15, 0.2) is 46.2 Å². The van der Waals surface area contributed by atoms with E-state index in [0.717, 1.165) is 17.9 Å². The van der Waals surface area contributed by atoms with Crippen LogP contribution in [-0.2, 0) is 11.2 Å². The van der Waals surface area contributed by atoms with Crippen LogP contribution in [0.1, 0.15) is 5.56 Å². The third-order valence-electron chi connectivity index (χ3n) is 4.05. The molecule has 0 heterocycles. The molecule has 3 N–H and O–H groups in total. The predicted molar refractivity (Wildman–Crippen MR) is 120 cm³/mol. The maximum atomic E-state index is 11.0. The Kier molecular flexibility index (Phi) is 10.0. The number of hydrogen-bond acceptors (Lipinski definition) is 7. The Morgan fingerprint density at radius 1 is 0.966 bits per heavy atom. The van der Waals surface area contributed by atoms with Gasteiger partial charge < -0.3 is 25.3 Å². The van der Waals surface area contributed by atoms with Gasteiger partial charge in [-0.25, -0.2) is 0 Å². The summed E-state index contributed by atoms with van der Waals surface area (Å²) in [4.78, 5) is 13.5. The average Bonchev–Trinajstić information content (AvgIpc) is 2.73. The van der Waals surface area contributed by atoms with Crippen LogP contribution in [0.4, 0.5) is 0 Å². The van der Waals surface area contributed by atoms with E-state index in [4.69, 9.17) is 19.9 Å². The molecule has 0 saturated carbocycles. The summed E-state index contributed by atoms with van der Waals surface area (Å²) in [5, 5.41) is 3.29. The van der Waals surface area contributed by atoms with Crippen LogP contribution in [0.25, 0.3) is 0 Å². The number of amides is 1. The van der Waals surface area contributed by atoms with Gasteiger partial charge in [-0.2, -0.15) is 0 Å². The minimum Gasteiger partial charge on any atom is -0.493 e. The Morgan fingerprint density at radius 2 is 1.69 bits per heavy atom. The molecular formula is C21H28N2O4S2. The van der Waals surface area contributed by atoms with Crippen molar-refractivity contribution in [1.82, 2.24) is 5.32 Å². The van der Waals surface area contributed by atoms with Crippen LogP contribution in [0.2, 0.25) is 0 Å². The zero-order chi connectivity index (χ0) is 21.1. The van der Waals surface area contributed by atoms with Gasteiger partial charge in [-0.15, -0.1) is 23.5 Å². The molecule has 0 bridgehead atoms. The number of rotatable bonds is 13. The number of methoxy groups -OCH3 is 1. The van der Waals surface area contributed by atoms with E-state index in [2.05, 4.69) is 30.0 Å². The molecular weight excluding hydrogens is 408 g/mol. The molecule has 29 heavy (non-hydrogen) atoms. The molecule has 0 aromatic heterocycles. The van der Waals surface area contributed by atoms with Crippen molar-refractivity contribution in [2.45, 2.75) is 16.2 Å². The zero-order valence-corrected chi connectivity index (χ0v) is 18.7. The Hall–Kier alpha value is -2.03. The zero-order valence-electron chi connectivity index (χ0n) is 17.0. The minimum absolute atomic E-state index is 0.177. The first-order valence-corrected chi connectivity index (χ1v) is 11.7. The molecule has 158 valence electrons. The molecule has 0 atom stereocenters. The van der Waals surface area contributed by atoms with Gasteiger partial charge in [0.05, 0.1) is 13.5 Å². The Morgan fingerprint density at radius 3 is 2.34 bits per heavy atom. The molecule has 8 heteroatoms. The van der Waals surface area contributed by atoms with Crippen LogP contribution in [-0.4, -0.2) is 51.8 Å². The van der Waals surface area contributed by atoms with Gasteiger partial charge in [0, 0.05) is 22.9 Å². The second-order valence-electron chi connectivity index (χ2n) is 6.09. The highest BCUT2D eigenvalue weighted by Crippen LogP contribution is 2.31. The fourth-order valence-corrected chi connectivity index (χ4v) is 4.12. The van der Waals surface area contributed by atoms with E-state index >= 15 is 0 Å². The van der Waals surface area contributed by atoms with Crippen LogP contribution >= 0.6 is 23.5 Å². The van der Waals surface area contributed by atoms with Crippen molar-refractivity contribution in [2.75, 3.05) is 45.9 Å². The predicted octanol–water partition coefficient (Wildman–Crippen LogP) is 3.21. The van der Waals surface area contributed by atoms with E-state index in [9.17, 15) is 4.79 Å². The summed E-state index contributed by atoms with van der Waals surface area (Å²) in [6, 6.07) is 11.6. The van der Waals surface area contributed by atoms with E-state index in [-0.39, 0.29) is 12.3 Å². The lowest BCUT2D eigenvalue weighted by Crippen LogP contribution is -2.26. The van der Waals surface area contributed by atoms with Crippen molar-refractivity contribution in [3.8, 4) is 17.2 Å². The van der Waals surface area contributed by atoms with Crippen LogP contribution < -0.4 is 25.3 Å². The van der Waals surface area contributed by atoms with Crippen LogP contribution in [0.5, 0.6) is 17.2 Å². The quantitative estimate of drug-likeness (QED) is 0.368. The first-order valence-electron chi connectivity index (χ1n) is 9.21. The average molecular weight is 437 g/mol. The SMILES string of the molecule is COc1cc(CC(N)=O)ccc1OCCNCCOc1ccc(SC)c(SC)c1. The normalized spacial score (nSPS) is 10.6. The Bertz CT molecular complexity index is 802. The number of ether oxygens (including phenoxy) is 3. The van der Waals surface area contributed by atoms with Crippen molar-refractivity contribution < 1.29 is 19.0 Å². The first-order chi connectivity index (χ1) is 14.1. The fourth-order valence-electron chi connectivity index (χ4n) is 2.65. The van der Waals surface area contributed by atoms with Gasteiger partial charge >= 0.3 is 0 Å². The summed E-state index contributed by atoms with van der Waals surface area (Å²) < 4.78 is 16.9. The van der Waals surface area contributed by atoms with Crippen LogP contribution in [0, 0.1) is 0 Å². The van der Waals surface area contributed by atoms with Crippen molar-refractivity contribution in [3.63, 3.8) is 0 Å². The van der Waals surface area contributed by atoms with Gasteiger partial charge in [-0.1, -0.05) is 6.07 Å². The van der Waals surface area contributed by atoms with Gasteiger partial charge in [-0.05, 0) is 48.4 Å². The number of benzene rings is 2.